The maximum absolute atomic E-state index is 10.5. The Balaban J connectivity index is 1.74. The zero-order chi connectivity index (χ0) is 11.5. The molecule has 2 aliphatic rings. The van der Waals surface area contributed by atoms with Crippen molar-refractivity contribution in [3.05, 3.63) is 0 Å². The van der Waals surface area contributed by atoms with E-state index in [4.69, 9.17) is 10.8 Å². The van der Waals surface area contributed by atoms with E-state index in [0.717, 1.165) is 45.2 Å². The van der Waals surface area contributed by atoms with Crippen LogP contribution in [0, 0.1) is 0 Å². The second-order valence-corrected chi connectivity index (χ2v) is 5.00. The Morgan fingerprint density at radius 1 is 1.25 bits per heavy atom. The summed E-state index contributed by atoms with van der Waals surface area (Å²) in [6.07, 6.45) is 4.32. The van der Waals surface area contributed by atoms with Crippen molar-refractivity contribution < 1.29 is 9.90 Å². The molecule has 1 heterocycles. The van der Waals surface area contributed by atoms with Gasteiger partial charge in [0.25, 0.3) is 0 Å². The number of hydrogen-bond donors (Lipinski definition) is 3. The Morgan fingerprint density at radius 2 is 1.94 bits per heavy atom. The number of nitrogens with one attached hydrogen (secondary N) is 1. The average Bonchev–Trinajstić information content (AvgIpc) is 2.65. The van der Waals surface area contributed by atoms with E-state index in [1.54, 1.807) is 0 Å². The van der Waals surface area contributed by atoms with Crippen LogP contribution in [0.3, 0.4) is 0 Å². The first-order chi connectivity index (χ1) is 7.65. The number of nitrogens with zero attached hydrogens (tertiary/aromatic N) is 1. The molecule has 1 unspecified atom stereocenters. The first kappa shape index (κ1) is 11.7. The van der Waals surface area contributed by atoms with Gasteiger partial charge in [-0.05, 0) is 32.1 Å². The summed E-state index contributed by atoms with van der Waals surface area (Å²) in [5.41, 5.74) is 5.89. The fourth-order valence-corrected chi connectivity index (χ4v) is 2.91. The number of hydrogen-bond acceptors (Lipinski definition) is 3. The molecular weight excluding hydrogens is 206 g/mol. The van der Waals surface area contributed by atoms with Crippen molar-refractivity contribution in [3.8, 4) is 0 Å². The van der Waals surface area contributed by atoms with E-state index in [-0.39, 0.29) is 6.04 Å². The standard InChI is InChI=1S/C11H21N3O2/c12-8-5-6-14(7-8)10-3-1-9(2-4-10)13-11(15)16/h8-10,13H,1-7,12H2,(H,15,16). The van der Waals surface area contributed by atoms with Gasteiger partial charge in [-0.1, -0.05) is 0 Å². The lowest BCUT2D eigenvalue weighted by molar-refractivity contribution is 0.159. The summed E-state index contributed by atoms with van der Waals surface area (Å²) in [6, 6.07) is 1.13. The Morgan fingerprint density at radius 3 is 2.44 bits per heavy atom. The van der Waals surface area contributed by atoms with Crippen molar-refractivity contribution in [2.75, 3.05) is 13.1 Å². The number of carboxylic acid groups (broad SMARTS) is 1. The summed E-state index contributed by atoms with van der Waals surface area (Å²) in [6.45, 7) is 2.13. The summed E-state index contributed by atoms with van der Waals surface area (Å²) in [5, 5.41) is 11.2. The third-order valence-corrected chi connectivity index (χ3v) is 3.80. The lowest BCUT2D eigenvalue weighted by Crippen LogP contribution is -2.43. The predicted octanol–water partition coefficient (Wildman–Crippen LogP) is 0.598. The molecule has 2 rings (SSSR count). The number of likely N-dealkylation sites (tertiary alicyclic amines) is 1. The number of amides is 1. The van der Waals surface area contributed by atoms with Gasteiger partial charge in [-0.2, -0.15) is 0 Å². The minimum absolute atomic E-state index is 0.157. The molecule has 92 valence electrons. The van der Waals surface area contributed by atoms with Crippen molar-refractivity contribution in [1.82, 2.24) is 10.2 Å². The average molecular weight is 227 g/mol. The number of rotatable bonds is 2. The Bertz CT molecular complexity index is 252. The molecule has 0 aromatic carbocycles. The molecule has 0 aromatic heterocycles. The molecule has 0 radical (unpaired) electrons. The van der Waals surface area contributed by atoms with Gasteiger partial charge in [0.2, 0.25) is 0 Å². The van der Waals surface area contributed by atoms with Crippen LogP contribution in [0.4, 0.5) is 4.79 Å². The fraction of sp³-hybridized carbons (Fsp3) is 0.909. The van der Waals surface area contributed by atoms with Gasteiger partial charge < -0.3 is 16.2 Å². The largest absolute Gasteiger partial charge is 0.465 e. The molecule has 2 fully saturated rings. The molecule has 16 heavy (non-hydrogen) atoms. The molecule has 1 atom stereocenters. The van der Waals surface area contributed by atoms with Crippen molar-refractivity contribution in [2.24, 2.45) is 5.73 Å². The highest BCUT2D eigenvalue weighted by Crippen LogP contribution is 2.25. The van der Waals surface area contributed by atoms with Crippen LogP contribution in [-0.4, -0.2) is 47.3 Å². The minimum Gasteiger partial charge on any atom is -0.465 e. The molecule has 1 saturated carbocycles. The van der Waals surface area contributed by atoms with Crippen LogP contribution in [0.25, 0.3) is 0 Å². The molecule has 1 saturated heterocycles. The second-order valence-electron chi connectivity index (χ2n) is 5.00. The van der Waals surface area contributed by atoms with Crippen molar-refractivity contribution >= 4 is 6.09 Å². The quantitative estimate of drug-likeness (QED) is 0.645. The van der Waals surface area contributed by atoms with Gasteiger partial charge in [0.05, 0.1) is 0 Å². The summed E-state index contributed by atoms with van der Waals surface area (Å²) in [5.74, 6) is 0. The summed E-state index contributed by atoms with van der Waals surface area (Å²) >= 11 is 0. The van der Waals surface area contributed by atoms with Gasteiger partial charge in [-0.15, -0.1) is 0 Å². The van der Waals surface area contributed by atoms with Gasteiger partial charge in [0.1, 0.15) is 0 Å². The van der Waals surface area contributed by atoms with E-state index in [1.807, 2.05) is 0 Å². The maximum atomic E-state index is 10.5. The van der Waals surface area contributed by atoms with Crippen LogP contribution in [0.15, 0.2) is 0 Å². The molecule has 5 heteroatoms. The van der Waals surface area contributed by atoms with E-state index in [2.05, 4.69) is 10.2 Å². The molecule has 0 spiro atoms. The minimum atomic E-state index is -0.897. The first-order valence-corrected chi connectivity index (χ1v) is 6.14. The Hall–Kier alpha value is -0.810. The summed E-state index contributed by atoms with van der Waals surface area (Å²) in [7, 11) is 0. The molecule has 1 aliphatic carbocycles. The molecule has 1 aliphatic heterocycles. The predicted molar refractivity (Wildman–Crippen MR) is 61.4 cm³/mol. The SMILES string of the molecule is NC1CCN(C2CCC(NC(=O)O)CC2)C1. The van der Waals surface area contributed by atoms with Gasteiger partial charge in [0, 0.05) is 31.2 Å². The van der Waals surface area contributed by atoms with Crippen molar-refractivity contribution in [3.63, 3.8) is 0 Å². The smallest absolute Gasteiger partial charge is 0.404 e. The van der Waals surface area contributed by atoms with E-state index in [1.165, 1.54) is 0 Å². The van der Waals surface area contributed by atoms with E-state index < -0.39 is 6.09 Å². The van der Waals surface area contributed by atoms with Crippen LogP contribution < -0.4 is 11.1 Å². The van der Waals surface area contributed by atoms with Crippen LogP contribution in [0.1, 0.15) is 32.1 Å². The number of nitrogens with two attached hydrogens (primary N) is 1. The second kappa shape index (κ2) is 5.01. The molecular formula is C11H21N3O2. The van der Waals surface area contributed by atoms with Crippen LogP contribution >= 0.6 is 0 Å². The van der Waals surface area contributed by atoms with Crippen molar-refractivity contribution in [2.45, 2.75) is 50.2 Å². The van der Waals surface area contributed by atoms with Gasteiger partial charge in [-0.3, -0.25) is 4.90 Å². The third-order valence-electron chi connectivity index (χ3n) is 3.80. The first-order valence-electron chi connectivity index (χ1n) is 6.14. The monoisotopic (exact) mass is 227 g/mol. The summed E-state index contributed by atoms with van der Waals surface area (Å²) in [4.78, 5) is 13.0. The maximum Gasteiger partial charge on any atom is 0.404 e. The zero-order valence-corrected chi connectivity index (χ0v) is 9.56. The fourth-order valence-electron chi connectivity index (χ4n) is 2.91. The van der Waals surface area contributed by atoms with E-state index >= 15 is 0 Å². The van der Waals surface area contributed by atoms with Gasteiger partial charge in [-0.25, -0.2) is 4.79 Å². The summed E-state index contributed by atoms with van der Waals surface area (Å²) < 4.78 is 0. The number of carbonyl (C=O) groups is 1. The Labute approximate surface area is 96.0 Å². The van der Waals surface area contributed by atoms with Gasteiger partial charge >= 0.3 is 6.09 Å². The van der Waals surface area contributed by atoms with Crippen LogP contribution in [-0.2, 0) is 0 Å². The topological polar surface area (TPSA) is 78.6 Å². The molecule has 4 N–H and O–H groups in total. The highest BCUT2D eigenvalue weighted by molar-refractivity contribution is 5.64. The highest BCUT2D eigenvalue weighted by atomic mass is 16.4. The van der Waals surface area contributed by atoms with Crippen molar-refractivity contribution in [1.29, 1.82) is 0 Å². The Kier molecular flexibility index (Phi) is 3.66. The molecule has 5 nitrogen and oxygen atoms in total. The van der Waals surface area contributed by atoms with Gasteiger partial charge in [0.15, 0.2) is 0 Å². The van der Waals surface area contributed by atoms with Crippen LogP contribution in [0.2, 0.25) is 0 Å². The van der Waals surface area contributed by atoms with Crippen LogP contribution in [0.5, 0.6) is 0 Å². The normalized spacial score (nSPS) is 36.2. The molecule has 1 amide bonds. The molecule has 0 aromatic rings. The van der Waals surface area contributed by atoms with E-state index in [9.17, 15) is 4.79 Å². The molecule has 0 bridgehead atoms. The highest BCUT2D eigenvalue weighted by Gasteiger charge is 2.30. The van der Waals surface area contributed by atoms with E-state index in [0.29, 0.717) is 12.1 Å². The zero-order valence-electron chi connectivity index (χ0n) is 9.56. The lowest BCUT2D eigenvalue weighted by Gasteiger charge is -2.34. The lowest BCUT2D eigenvalue weighted by atomic mass is 9.90. The third kappa shape index (κ3) is 2.86.